The van der Waals surface area contributed by atoms with Crippen molar-refractivity contribution in [2.24, 2.45) is 35.5 Å². The van der Waals surface area contributed by atoms with E-state index in [0.29, 0.717) is 0 Å². The molecule has 0 nitrogen and oxygen atoms in total. The van der Waals surface area contributed by atoms with E-state index in [9.17, 15) is 4.39 Å². The molecule has 0 N–H and O–H groups in total. The highest BCUT2D eigenvalue weighted by atomic mass is 19.1. The second kappa shape index (κ2) is 14.6. The minimum Gasteiger partial charge on any atom is -0.251 e. The third-order valence-corrected chi connectivity index (χ3v) is 10.3. The van der Waals surface area contributed by atoms with Crippen molar-refractivity contribution in [1.29, 1.82) is 0 Å². The first-order chi connectivity index (χ1) is 17.2. The summed E-state index contributed by atoms with van der Waals surface area (Å²) in [6, 6.07) is 9.32. The largest absolute Gasteiger partial charge is 0.251 e. The van der Waals surface area contributed by atoms with Gasteiger partial charge in [0, 0.05) is 0 Å². The van der Waals surface area contributed by atoms with Crippen LogP contribution in [0, 0.1) is 35.5 Å². The molecule has 0 radical (unpaired) electrons. The van der Waals surface area contributed by atoms with Crippen LogP contribution in [-0.2, 0) is 12.8 Å². The second-order valence-electron chi connectivity index (χ2n) is 12.5. The standard InChI is InChI=1S/C34H53F/c1-2-6-27-14-18-31(19-15-27)33-22-24-34(25-23-33)32-20-16-30(17-21-32)13-12-29-10-8-28(9-11-29)7-4-3-5-26-35/h2,6,8-11,27,30-34H,3-5,7,12-26H2,1H3/b6-2+/t27-,30?,31-,32?,33-,34-. The Hall–Kier alpha value is -1.11. The fourth-order valence-corrected chi connectivity index (χ4v) is 7.96. The Morgan fingerprint density at radius 3 is 1.63 bits per heavy atom. The molecule has 0 bridgehead atoms. The summed E-state index contributed by atoms with van der Waals surface area (Å²) in [4.78, 5) is 0. The van der Waals surface area contributed by atoms with Gasteiger partial charge in [-0.15, -0.1) is 0 Å². The number of halogens is 1. The summed E-state index contributed by atoms with van der Waals surface area (Å²) in [5, 5.41) is 0. The maximum atomic E-state index is 12.2. The molecular formula is C34H53F. The average molecular weight is 481 g/mol. The third kappa shape index (κ3) is 8.46. The Morgan fingerprint density at radius 2 is 1.11 bits per heavy atom. The summed E-state index contributed by atoms with van der Waals surface area (Å²) in [5.41, 5.74) is 2.93. The quantitative estimate of drug-likeness (QED) is 0.218. The van der Waals surface area contributed by atoms with E-state index < -0.39 is 0 Å². The molecule has 0 saturated heterocycles. The SMILES string of the molecule is C/C=C/[C@H]1CC[C@H]([C@H]2CC[C@H](C3CCC(CCc4ccc(CCCCCF)cc4)CC3)CC2)CC1. The summed E-state index contributed by atoms with van der Waals surface area (Å²) in [7, 11) is 0. The number of hydrogen-bond donors (Lipinski definition) is 0. The summed E-state index contributed by atoms with van der Waals surface area (Å²) < 4.78 is 12.2. The molecule has 0 spiro atoms. The zero-order valence-corrected chi connectivity index (χ0v) is 22.7. The van der Waals surface area contributed by atoms with E-state index in [0.717, 1.165) is 61.2 Å². The van der Waals surface area contributed by atoms with Crippen molar-refractivity contribution in [3.05, 3.63) is 47.5 Å². The van der Waals surface area contributed by atoms with Crippen molar-refractivity contribution in [2.45, 2.75) is 122 Å². The van der Waals surface area contributed by atoms with Crippen molar-refractivity contribution in [1.82, 2.24) is 0 Å². The molecule has 0 atom stereocenters. The minimum absolute atomic E-state index is 0.166. The fourth-order valence-electron chi connectivity index (χ4n) is 7.96. The van der Waals surface area contributed by atoms with Gasteiger partial charge in [0.2, 0.25) is 0 Å². The first-order valence-electron chi connectivity index (χ1n) is 15.5. The van der Waals surface area contributed by atoms with Gasteiger partial charge >= 0.3 is 0 Å². The van der Waals surface area contributed by atoms with Gasteiger partial charge in [-0.2, -0.15) is 0 Å². The van der Waals surface area contributed by atoms with Crippen LogP contribution in [0.25, 0.3) is 0 Å². The monoisotopic (exact) mass is 480 g/mol. The highest BCUT2D eigenvalue weighted by Crippen LogP contribution is 2.46. The molecule has 3 saturated carbocycles. The molecule has 0 heterocycles. The molecule has 4 rings (SSSR count). The molecule has 196 valence electrons. The average Bonchev–Trinajstić information content (AvgIpc) is 2.92. The fraction of sp³-hybridized carbons (Fsp3) is 0.765. The Bertz CT molecular complexity index is 709. The van der Waals surface area contributed by atoms with Crippen LogP contribution in [0.15, 0.2) is 36.4 Å². The highest BCUT2D eigenvalue weighted by Gasteiger charge is 2.34. The first-order valence-corrected chi connectivity index (χ1v) is 15.5. The number of unbranched alkanes of at least 4 members (excludes halogenated alkanes) is 2. The van der Waals surface area contributed by atoms with Crippen LogP contribution >= 0.6 is 0 Å². The van der Waals surface area contributed by atoms with Crippen molar-refractivity contribution in [3.63, 3.8) is 0 Å². The maximum absolute atomic E-state index is 12.2. The lowest BCUT2D eigenvalue weighted by Crippen LogP contribution is -2.29. The highest BCUT2D eigenvalue weighted by molar-refractivity contribution is 5.22. The van der Waals surface area contributed by atoms with Crippen LogP contribution in [0.3, 0.4) is 0 Å². The molecule has 3 fully saturated rings. The van der Waals surface area contributed by atoms with Gasteiger partial charge < -0.3 is 0 Å². The first kappa shape index (κ1) is 26.9. The third-order valence-electron chi connectivity index (χ3n) is 10.3. The molecule has 3 aliphatic carbocycles. The lowest BCUT2D eigenvalue weighted by Gasteiger charge is -2.41. The molecule has 0 unspecified atom stereocenters. The van der Waals surface area contributed by atoms with E-state index in [1.807, 2.05) is 0 Å². The zero-order chi connectivity index (χ0) is 24.3. The smallest absolute Gasteiger partial charge is 0.0894 e. The summed E-state index contributed by atoms with van der Waals surface area (Å²) >= 11 is 0. The van der Waals surface area contributed by atoms with Gasteiger partial charge in [-0.1, -0.05) is 55.7 Å². The normalized spacial score (nSPS) is 32.2. The van der Waals surface area contributed by atoms with E-state index in [4.69, 9.17) is 0 Å². The number of alkyl halides is 1. The van der Waals surface area contributed by atoms with Crippen LogP contribution in [0.5, 0.6) is 0 Å². The predicted molar refractivity (Wildman–Crippen MR) is 149 cm³/mol. The Labute approximate surface area is 216 Å². The number of hydrogen-bond acceptors (Lipinski definition) is 0. The maximum Gasteiger partial charge on any atom is 0.0894 e. The number of allylic oxidation sites excluding steroid dienone is 2. The lowest BCUT2D eigenvalue weighted by atomic mass is 9.65. The Morgan fingerprint density at radius 1 is 0.629 bits per heavy atom. The van der Waals surface area contributed by atoms with Gasteiger partial charge in [-0.3, -0.25) is 4.39 Å². The van der Waals surface area contributed by atoms with E-state index in [1.54, 1.807) is 0 Å². The molecular weight excluding hydrogens is 427 g/mol. The van der Waals surface area contributed by atoms with Crippen molar-refractivity contribution in [3.8, 4) is 0 Å². The summed E-state index contributed by atoms with van der Waals surface area (Å²) in [6.45, 7) is 2.02. The Balaban J connectivity index is 1.10. The molecule has 3 aliphatic rings. The second-order valence-corrected chi connectivity index (χ2v) is 12.5. The number of aryl methyl sites for hydroxylation is 2. The summed E-state index contributed by atoms with van der Waals surface area (Å²) in [6.07, 6.45) is 29.3. The molecule has 1 aromatic carbocycles. The topological polar surface area (TPSA) is 0 Å². The van der Waals surface area contributed by atoms with Gasteiger partial charge in [0.15, 0.2) is 0 Å². The van der Waals surface area contributed by atoms with E-state index in [2.05, 4.69) is 43.3 Å². The van der Waals surface area contributed by atoms with Crippen LogP contribution in [0.2, 0.25) is 0 Å². The minimum atomic E-state index is -0.166. The van der Waals surface area contributed by atoms with Crippen LogP contribution < -0.4 is 0 Å². The van der Waals surface area contributed by atoms with Gasteiger partial charge in [0.1, 0.15) is 0 Å². The van der Waals surface area contributed by atoms with Crippen LogP contribution in [0.1, 0.15) is 121 Å². The molecule has 1 aromatic rings. The van der Waals surface area contributed by atoms with E-state index in [-0.39, 0.29) is 6.67 Å². The molecule has 0 aliphatic heterocycles. The van der Waals surface area contributed by atoms with Crippen molar-refractivity contribution >= 4 is 0 Å². The predicted octanol–water partition coefficient (Wildman–Crippen LogP) is 10.3. The lowest BCUT2D eigenvalue weighted by molar-refractivity contribution is 0.107. The molecule has 0 aromatic heterocycles. The zero-order valence-electron chi connectivity index (χ0n) is 22.7. The van der Waals surface area contributed by atoms with Gasteiger partial charge in [-0.05, 0) is 150 Å². The molecule has 0 amide bonds. The molecule has 35 heavy (non-hydrogen) atoms. The van der Waals surface area contributed by atoms with Crippen LogP contribution in [-0.4, -0.2) is 6.67 Å². The van der Waals surface area contributed by atoms with Gasteiger partial charge in [0.05, 0.1) is 6.67 Å². The Kier molecular flexibility index (Phi) is 11.2. The van der Waals surface area contributed by atoms with E-state index in [1.165, 1.54) is 101 Å². The number of rotatable bonds is 11. The summed E-state index contributed by atoms with van der Waals surface area (Å²) in [5.74, 6) is 6.01. The van der Waals surface area contributed by atoms with Gasteiger partial charge in [0.25, 0.3) is 0 Å². The van der Waals surface area contributed by atoms with Crippen molar-refractivity contribution in [2.75, 3.05) is 6.67 Å². The molecule has 1 heteroatoms. The number of benzene rings is 1. The van der Waals surface area contributed by atoms with Gasteiger partial charge in [-0.25, -0.2) is 0 Å². The van der Waals surface area contributed by atoms with Crippen LogP contribution in [0.4, 0.5) is 4.39 Å². The van der Waals surface area contributed by atoms with Crippen molar-refractivity contribution < 1.29 is 4.39 Å². The van der Waals surface area contributed by atoms with E-state index >= 15 is 0 Å².